The van der Waals surface area contributed by atoms with Crippen LogP contribution in [0, 0.1) is 5.92 Å². The van der Waals surface area contributed by atoms with Crippen molar-refractivity contribution < 1.29 is 9.59 Å². The van der Waals surface area contributed by atoms with Crippen LogP contribution >= 0.6 is 0 Å². The average molecular weight is 211 g/mol. The number of nitrogens with two attached hydrogens (primary N) is 1. The molecule has 0 spiro atoms. The van der Waals surface area contributed by atoms with Crippen molar-refractivity contribution in [3.05, 3.63) is 0 Å². The fourth-order valence-electron chi connectivity index (χ4n) is 2.24. The van der Waals surface area contributed by atoms with Crippen molar-refractivity contribution in [2.24, 2.45) is 11.7 Å². The second kappa shape index (κ2) is 4.18. The Morgan fingerprint density at radius 3 is 2.87 bits per heavy atom. The van der Waals surface area contributed by atoms with E-state index in [9.17, 15) is 9.59 Å². The highest BCUT2D eigenvalue weighted by molar-refractivity contribution is 5.90. The largest absolute Gasteiger partial charge is 0.344 e. The van der Waals surface area contributed by atoms with E-state index in [0.29, 0.717) is 25.3 Å². The Balaban J connectivity index is 1.89. The molecule has 5 nitrogen and oxygen atoms in total. The summed E-state index contributed by atoms with van der Waals surface area (Å²) < 4.78 is 0. The number of nitrogens with one attached hydrogen (secondary N) is 1. The second-order valence-corrected chi connectivity index (χ2v) is 4.33. The van der Waals surface area contributed by atoms with Crippen molar-refractivity contribution in [3.8, 4) is 0 Å². The molecule has 2 aliphatic rings. The lowest BCUT2D eigenvalue weighted by atomic mass is 10.1. The maximum Gasteiger partial charge on any atom is 0.245 e. The number of amides is 2. The smallest absolute Gasteiger partial charge is 0.245 e. The predicted octanol–water partition coefficient (Wildman–Crippen LogP) is -0.928. The third-order valence-electron chi connectivity index (χ3n) is 3.22. The van der Waals surface area contributed by atoms with Crippen molar-refractivity contribution >= 4 is 11.8 Å². The van der Waals surface area contributed by atoms with Crippen molar-refractivity contribution in [1.29, 1.82) is 0 Å². The molecule has 0 aromatic carbocycles. The van der Waals surface area contributed by atoms with Gasteiger partial charge in [-0.05, 0) is 25.3 Å². The van der Waals surface area contributed by atoms with E-state index in [-0.39, 0.29) is 17.9 Å². The van der Waals surface area contributed by atoms with Gasteiger partial charge < -0.3 is 16.0 Å². The van der Waals surface area contributed by atoms with Crippen LogP contribution in [0.2, 0.25) is 0 Å². The highest BCUT2D eigenvalue weighted by Gasteiger charge is 2.33. The molecular weight excluding hydrogens is 194 g/mol. The molecule has 0 aromatic rings. The molecule has 0 saturated carbocycles. The molecule has 2 fully saturated rings. The van der Waals surface area contributed by atoms with Crippen molar-refractivity contribution in [2.75, 3.05) is 19.6 Å². The lowest BCUT2D eigenvalue weighted by Gasteiger charge is -2.20. The maximum absolute atomic E-state index is 11.9. The van der Waals surface area contributed by atoms with Gasteiger partial charge in [0.2, 0.25) is 11.8 Å². The predicted molar refractivity (Wildman–Crippen MR) is 54.9 cm³/mol. The van der Waals surface area contributed by atoms with Gasteiger partial charge in [-0.25, -0.2) is 0 Å². The van der Waals surface area contributed by atoms with Crippen LogP contribution in [0.4, 0.5) is 0 Å². The summed E-state index contributed by atoms with van der Waals surface area (Å²) in [6.45, 7) is 2.18. The molecule has 2 unspecified atom stereocenters. The van der Waals surface area contributed by atoms with E-state index >= 15 is 0 Å². The zero-order valence-corrected chi connectivity index (χ0v) is 8.74. The fourth-order valence-corrected chi connectivity index (χ4v) is 2.24. The van der Waals surface area contributed by atoms with E-state index in [1.165, 1.54) is 0 Å². The lowest BCUT2D eigenvalue weighted by Crippen LogP contribution is -2.43. The molecule has 5 heteroatoms. The summed E-state index contributed by atoms with van der Waals surface area (Å²) in [5, 5.41) is 2.70. The van der Waals surface area contributed by atoms with Gasteiger partial charge in [0.15, 0.2) is 0 Å². The Kier molecular flexibility index (Phi) is 2.90. The van der Waals surface area contributed by atoms with Crippen LogP contribution in [-0.4, -0.2) is 42.4 Å². The number of nitrogens with zero attached hydrogens (tertiary/aromatic N) is 1. The molecule has 0 radical (unpaired) electrons. The third-order valence-corrected chi connectivity index (χ3v) is 3.22. The van der Waals surface area contributed by atoms with Gasteiger partial charge in [0, 0.05) is 19.5 Å². The number of hydrogen-bond acceptors (Lipinski definition) is 3. The van der Waals surface area contributed by atoms with Gasteiger partial charge in [-0.1, -0.05) is 0 Å². The molecule has 2 rings (SSSR count). The summed E-state index contributed by atoms with van der Waals surface area (Å²) in [5.74, 6) is 0.491. The minimum atomic E-state index is -0.283. The molecule has 2 aliphatic heterocycles. The molecule has 2 amide bonds. The summed E-state index contributed by atoms with van der Waals surface area (Å²) >= 11 is 0. The number of rotatable bonds is 2. The molecule has 2 heterocycles. The van der Waals surface area contributed by atoms with Gasteiger partial charge in [0.05, 0.1) is 0 Å². The summed E-state index contributed by atoms with van der Waals surface area (Å²) in [4.78, 5) is 24.7. The van der Waals surface area contributed by atoms with E-state index in [2.05, 4.69) is 5.32 Å². The fraction of sp³-hybridized carbons (Fsp3) is 0.800. The Morgan fingerprint density at radius 2 is 2.33 bits per heavy atom. The van der Waals surface area contributed by atoms with Crippen LogP contribution in [0.1, 0.15) is 19.3 Å². The first-order valence-electron chi connectivity index (χ1n) is 5.49. The second-order valence-electron chi connectivity index (χ2n) is 4.33. The third kappa shape index (κ3) is 2.12. The standard InChI is InChI=1S/C10H17N3O2/c11-5-7-3-4-13(6-7)10(15)8-1-2-9(14)12-8/h7-8H,1-6,11H2,(H,12,14). The Hall–Kier alpha value is -1.10. The van der Waals surface area contributed by atoms with Crippen molar-refractivity contribution in [3.63, 3.8) is 0 Å². The van der Waals surface area contributed by atoms with E-state index in [1.54, 1.807) is 0 Å². The van der Waals surface area contributed by atoms with Crippen LogP contribution in [0.3, 0.4) is 0 Å². The van der Waals surface area contributed by atoms with Crippen LogP contribution in [0.25, 0.3) is 0 Å². The van der Waals surface area contributed by atoms with Gasteiger partial charge in [-0.2, -0.15) is 0 Å². The topological polar surface area (TPSA) is 75.4 Å². The first-order chi connectivity index (χ1) is 7.20. The van der Waals surface area contributed by atoms with E-state index < -0.39 is 0 Å². The molecule has 15 heavy (non-hydrogen) atoms. The van der Waals surface area contributed by atoms with Crippen LogP contribution in [0.15, 0.2) is 0 Å². The van der Waals surface area contributed by atoms with Crippen LogP contribution < -0.4 is 11.1 Å². The number of likely N-dealkylation sites (tertiary alicyclic amines) is 1. The minimum absolute atomic E-state index is 0.0112. The maximum atomic E-state index is 11.9. The average Bonchev–Trinajstić information content (AvgIpc) is 2.84. The van der Waals surface area contributed by atoms with Gasteiger partial charge in [0.25, 0.3) is 0 Å². The van der Waals surface area contributed by atoms with Crippen molar-refractivity contribution in [1.82, 2.24) is 10.2 Å². The zero-order chi connectivity index (χ0) is 10.8. The summed E-state index contributed by atoms with van der Waals surface area (Å²) in [6, 6.07) is -0.283. The SMILES string of the molecule is NCC1CCN(C(=O)C2CCC(=O)N2)C1. The van der Waals surface area contributed by atoms with Gasteiger partial charge >= 0.3 is 0 Å². The molecule has 0 aliphatic carbocycles. The quantitative estimate of drug-likeness (QED) is 0.620. The van der Waals surface area contributed by atoms with E-state index in [0.717, 1.165) is 19.5 Å². The molecule has 84 valence electrons. The summed E-state index contributed by atoms with van der Waals surface area (Å²) in [7, 11) is 0. The number of hydrogen-bond donors (Lipinski definition) is 2. The molecular formula is C10H17N3O2. The van der Waals surface area contributed by atoms with Crippen LogP contribution in [0.5, 0.6) is 0 Å². The minimum Gasteiger partial charge on any atom is -0.344 e. The Bertz CT molecular complexity index is 280. The van der Waals surface area contributed by atoms with Crippen LogP contribution in [-0.2, 0) is 9.59 Å². The van der Waals surface area contributed by atoms with Gasteiger partial charge in [-0.3, -0.25) is 9.59 Å². The highest BCUT2D eigenvalue weighted by Crippen LogP contribution is 2.18. The Labute approximate surface area is 89.0 Å². The van der Waals surface area contributed by atoms with Gasteiger partial charge in [-0.15, -0.1) is 0 Å². The molecule has 3 N–H and O–H groups in total. The van der Waals surface area contributed by atoms with E-state index in [4.69, 9.17) is 5.73 Å². The molecule has 0 aromatic heterocycles. The first kappa shape index (κ1) is 10.4. The first-order valence-corrected chi connectivity index (χ1v) is 5.49. The number of carbonyl (C=O) groups is 2. The van der Waals surface area contributed by atoms with Gasteiger partial charge in [0.1, 0.15) is 6.04 Å². The monoisotopic (exact) mass is 211 g/mol. The Morgan fingerprint density at radius 1 is 1.53 bits per heavy atom. The highest BCUT2D eigenvalue weighted by atomic mass is 16.2. The van der Waals surface area contributed by atoms with Crippen molar-refractivity contribution in [2.45, 2.75) is 25.3 Å². The number of carbonyl (C=O) groups excluding carboxylic acids is 2. The lowest BCUT2D eigenvalue weighted by molar-refractivity contribution is -0.133. The normalized spacial score (nSPS) is 30.7. The summed E-state index contributed by atoms with van der Waals surface area (Å²) in [6.07, 6.45) is 2.11. The molecule has 2 saturated heterocycles. The van der Waals surface area contributed by atoms with E-state index in [1.807, 2.05) is 4.90 Å². The molecule has 0 bridgehead atoms. The zero-order valence-electron chi connectivity index (χ0n) is 8.74. The molecule has 2 atom stereocenters. The summed E-state index contributed by atoms with van der Waals surface area (Å²) in [5.41, 5.74) is 5.56.